The molecule has 0 aliphatic rings. The molecule has 13 heteroatoms. The maximum absolute atomic E-state index is 12.1. The van der Waals surface area contributed by atoms with Crippen molar-refractivity contribution in [3.05, 3.63) is 67.0 Å². The van der Waals surface area contributed by atoms with Crippen LogP contribution in [0.3, 0.4) is 0 Å². The number of sulfonamides is 2. The number of nitrogens with zero attached hydrogens (tertiary/aromatic N) is 2. The summed E-state index contributed by atoms with van der Waals surface area (Å²) in [5.41, 5.74) is 12.0. The summed E-state index contributed by atoms with van der Waals surface area (Å²) >= 11 is 0. The van der Waals surface area contributed by atoms with Gasteiger partial charge in [0.15, 0.2) is 0 Å². The third-order valence-corrected chi connectivity index (χ3v) is 10.2. The monoisotopic (exact) mass is 688 g/mol. The molecular weight excluding hydrogens is 637 g/mol. The van der Waals surface area contributed by atoms with Gasteiger partial charge in [-0.25, -0.2) is 36.2 Å². The minimum Gasteiger partial charge on any atom is -0.399 e. The highest BCUT2D eigenvalue weighted by atomic mass is 32.2. The quantitative estimate of drug-likeness (QED) is 0.0663. The Labute approximate surface area is 281 Å². The van der Waals surface area contributed by atoms with Crippen LogP contribution in [-0.4, -0.2) is 32.7 Å². The zero-order valence-electron chi connectivity index (χ0n) is 27.6. The molecule has 1 aromatic heterocycles. The number of unbranched alkanes of at least 4 members (excludes halogenated alkanes) is 14. The molecule has 0 saturated heterocycles. The number of nitrogens with one attached hydrogen (secondary N) is 2. The summed E-state index contributed by atoms with van der Waals surface area (Å²) in [7, 11) is -7.46. The van der Waals surface area contributed by atoms with Gasteiger partial charge in [-0.2, -0.15) is 0 Å². The van der Waals surface area contributed by atoms with Crippen molar-refractivity contribution in [2.75, 3.05) is 16.2 Å². The molecule has 260 valence electrons. The fourth-order valence-corrected chi connectivity index (χ4v) is 6.71. The number of rotatable bonds is 21. The van der Waals surface area contributed by atoms with E-state index in [0.717, 1.165) is 19.3 Å². The van der Waals surface area contributed by atoms with E-state index in [1.165, 1.54) is 138 Å². The highest BCUT2D eigenvalue weighted by Gasteiger charge is 2.17. The third-order valence-electron chi connectivity index (χ3n) is 7.43. The second kappa shape index (κ2) is 22.0. The van der Waals surface area contributed by atoms with Crippen molar-refractivity contribution in [1.82, 2.24) is 14.7 Å². The summed E-state index contributed by atoms with van der Waals surface area (Å²) in [5, 5.41) is 0. The van der Waals surface area contributed by atoms with Crippen LogP contribution in [0.1, 0.15) is 110 Å². The highest BCUT2D eigenvalue weighted by Crippen LogP contribution is 2.16. The molecule has 11 nitrogen and oxygen atoms in total. The Bertz CT molecular complexity index is 1500. The lowest BCUT2D eigenvalue weighted by Gasteiger charge is -2.07. The second-order valence-corrected chi connectivity index (χ2v) is 14.9. The Morgan fingerprint density at radius 1 is 0.596 bits per heavy atom. The van der Waals surface area contributed by atoms with Gasteiger partial charge >= 0.3 is 0 Å². The van der Waals surface area contributed by atoms with Gasteiger partial charge in [0.2, 0.25) is 11.9 Å². The van der Waals surface area contributed by atoms with E-state index in [9.17, 15) is 21.6 Å². The number of benzene rings is 2. The van der Waals surface area contributed by atoms with E-state index in [0.29, 0.717) is 11.4 Å². The van der Waals surface area contributed by atoms with Crippen LogP contribution >= 0.6 is 0 Å². The molecule has 1 amide bonds. The first-order valence-corrected chi connectivity index (χ1v) is 19.6. The number of hydrogen-bond acceptors (Lipinski definition) is 9. The molecule has 3 aromatic rings. The predicted molar refractivity (Wildman–Crippen MR) is 189 cm³/mol. The van der Waals surface area contributed by atoms with Crippen LogP contribution in [0.2, 0.25) is 0 Å². The van der Waals surface area contributed by atoms with Gasteiger partial charge in [0.1, 0.15) is 0 Å². The summed E-state index contributed by atoms with van der Waals surface area (Å²) in [6.45, 7) is 2.26. The standard InChI is InChI=1S/C24H42N2O3S.C10H10N4O2S/c1-2-3-4-5-6-7-8-9-10-11-12-13-14-15-16-17-24(27)26-30(28,29)23-20-18-22(25)19-21-23;11-8-2-4-9(5-3-8)17(15,16)14-10-12-6-1-7-13-10/h18-21H,2-17,25H2,1H3,(H,26,27);1-7H,11H2,(H,12,13,14). The van der Waals surface area contributed by atoms with Gasteiger partial charge in [0, 0.05) is 30.2 Å². The van der Waals surface area contributed by atoms with Crippen molar-refractivity contribution in [2.24, 2.45) is 0 Å². The summed E-state index contributed by atoms with van der Waals surface area (Å²) < 4.78 is 52.4. The van der Waals surface area contributed by atoms with Gasteiger partial charge in [0.05, 0.1) is 9.79 Å². The lowest BCUT2D eigenvalue weighted by atomic mass is 10.0. The minimum absolute atomic E-state index is 0.0318. The van der Waals surface area contributed by atoms with Crippen LogP contribution < -0.4 is 20.9 Å². The molecular formula is C34H52N6O5S2. The van der Waals surface area contributed by atoms with E-state index in [-0.39, 0.29) is 22.2 Å². The minimum atomic E-state index is -3.80. The van der Waals surface area contributed by atoms with Gasteiger partial charge in [-0.3, -0.25) is 4.79 Å². The molecule has 47 heavy (non-hydrogen) atoms. The lowest BCUT2D eigenvalue weighted by molar-refractivity contribution is -0.119. The number of nitrogen functional groups attached to an aromatic ring is 2. The van der Waals surface area contributed by atoms with E-state index >= 15 is 0 Å². The van der Waals surface area contributed by atoms with Crippen molar-refractivity contribution in [2.45, 2.75) is 119 Å². The van der Waals surface area contributed by atoms with Crippen molar-refractivity contribution < 1.29 is 21.6 Å². The molecule has 0 saturated carbocycles. The number of carbonyl (C=O) groups is 1. The SMILES string of the molecule is CCCCCCCCCCCCCCCCCC(=O)NS(=O)(=O)c1ccc(N)cc1.Nc1ccc(S(=O)(=O)Nc2ncccn2)cc1. The first-order chi connectivity index (χ1) is 22.5. The van der Waals surface area contributed by atoms with Crippen LogP contribution in [0.25, 0.3) is 0 Å². The number of anilines is 3. The topological polar surface area (TPSA) is 187 Å². The van der Waals surface area contributed by atoms with Gasteiger partial charge in [-0.1, -0.05) is 96.8 Å². The van der Waals surface area contributed by atoms with Gasteiger partial charge in [0.25, 0.3) is 20.0 Å². The predicted octanol–water partition coefficient (Wildman–Crippen LogP) is 7.19. The summed E-state index contributed by atoms with van der Waals surface area (Å²) in [6, 6.07) is 13.3. The number of nitrogens with two attached hydrogens (primary N) is 2. The number of amides is 1. The van der Waals surface area contributed by atoms with Crippen LogP contribution in [-0.2, 0) is 24.8 Å². The molecule has 3 rings (SSSR count). The number of hydrogen-bond donors (Lipinski definition) is 4. The van der Waals surface area contributed by atoms with E-state index < -0.39 is 26.0 Å². The Kier molecular flexibility index (Phi) is 18.4. The van der Waals surface area contributed by atoms with E-state index in [2.05, 4.69) is 26.3 Å². The molecule has 0 aliphatic carbocycles. The van der Waals surface area contributed by atoms with Crippen LogP contribution in [0, 0.1) is 0 Å². The average Bonchev–Trinajstić information content (AvgIpc) is 3.04. The van der Waals surface area contributed by atoms with Crippen molar-refractivity contribution in [3.8, 4) is 0 Å². The largest absolute Gasteiger partial charge is 0.399 e. The first-order valence-electron chi connectivity index (χ1n) is 16.6. The molecule has 0 fully saturated rings. The maximum Gasteiger partial charge on any atom is 0.264 e. The molecule has 0 atom stereocenters. The van der Waals surface area contributed by atoms with Gasteiger partial charge in [-0.15, -0.1) is 0 Å². The molecule has 0 unspecified atom stereocenters. The molecule has 6 N–H and O–H groups in total. The summed E-state index contributed by atoms with van der Waals surface area (Å²) in [6.07, 6.45) is 22.1. The smallest absolute Gasteiger partial charge is 0.264 e. The Balaban J connectivity index is 0.000000378. The van der Waals surface area contributed by atoms with Crippen LogP contribution in [0.15, 0.2) is 76.8 Å². The molecule has 0 radical (unpaired) electrons. The maximum atomic E-state index is 12.1. The highest BCUT2D eigenvalue weighted by molar-refractivity contribution is 7.92. The van der Waals surface area contributed by atoms with Gasteiger partial charge in [-0.05, 0) is 61.0 Å². The molecule has 0 aliphatic heterocycles. The average molecular weight is 689 g/mol. The van der Waals surface area contributed by atoms with Crippen LogP contribution in [0.4, 0.5) is 17.3 Å². The normalized spacial score (nSPS) is 11.3. The molecule has 0 spiro atoms. The summed E-state index contributed by atoms with van der Waals surface area (Å²) in [5.74, 6) is -0.411. The lowest BCUT2D eigenvalue weighted by Crippen LogP contribution is -2.30. The van der Waals surface area contributed by atoms with E-state index in [1.807, 2.05) is 0 Å². The third kappa shape index (κ3) is 17.1. The Hall–Kier alpha value is -3.71. The van der Waals surface area contributed by atoms with E-state index in [4.69, 9.17) is 11.5 Å². The first kappa shape index (κ1) is 39.5. The summed E-state index contributed by atoms with van der Waals surface area (Å²) in [4.78, 5) is 19.6. The Morgan fingerprint density at radius 2 is 0.979 bits per heavy atom. The number of aromatic nitrogens is 2. The van der Waals surface area contributed by atoms with Crippen LogP contribution in [0.5, 0.6) is 0 Å². The fraction of sp³-hybridized carbons (Fsp3) is 0.500. The number of carbonyl (C=O) groups excluding carboxylic acids is 1. The van der Waals surface area contributed by atoms with Crippen molar-refractivity contribution >= 4 is 43.3 Å². The fourth-order valence-electron chi connectivity index (χ4n) is 4.74. The zero-order chi connectivity index (χ0) is 34.4. The molecule has 0 bridgehead atoms. The van der Waals surface area contributed by atoms with Crippen molar-refractivity contribution in [3.63, 3.8) is 0 Å². The van der Waals surface area contributed by atoms with Gasteiger partial charge < -0.3 is 11.5 Å². The van der Waals surface area contributed by atoms with Crippen molar-refractivity contribution in [1.29, 1.82) is 0 Å². The molecule has 1 heterocycles. The molecule has 2 aromatic carbocycles. The van der Waals surface area contributed by atoms with E-state index in [1.54, 1.807) is 6.07 Å². The zero-order valence-corrected chi connectivity index (χ0v) is 29.2. The second-order valence-electron chi connectivity index (χ2n) is 11.5. The Morgan fingerprint density at radius 3 is 1.40 bits per heavy atom.